The van der Waals surface area contributed by atoms with Crippen LogP contribution in [0.4, 0.5) is 18.9 Å². The normalized spacial score (nSPS) is 11.7. The van der Waals surface area contributed by atoms with Gasteiger partial charge in [-0.15, -0.1) is 0 Å². The van der Waals surface area contributed by atoms with Crippen LogP contribution in [0, 0.1) is 0 Å². The van der Waals surface area contributed by atoms with Gasteiger partial charge in [0.25, 0.3) is 0 Å². The lowest BCUT2D eigenvalue weighted by Crippen LogP contribution is -2.28. The van der Waals surface area contributed by atoms with Gasteiger partial charge in [-0.2, -0.15) is 13.2 Å². The van der Waals surface area contributed by atoms with Gasteiger partial charge in [-0.3, -0.25) is 9.59 Å². The number of carbonyl (C=O) groups excluding carboxylic acids is 2. The summed E-state index contributed by atoms with van der Waals surface area (Å²) in [5.41, 5.74) is -0.341. The maximum Gasteiger partial charge on any atom is 0.416 e. The summed E-state index contributed by atoms with van der Waals surface area (Å²) < 4.78 is 50.4. The molecule has 2 rings (SSSR count). The van der Waals surface area contributed by atoms with Gasteiger partial charge < -0.3 is 14.4 Å². The molecule has 174 valence electrons. The van der Waals surface area contributed by atoms with Gasteiger partial charge in [0.1, 0.15) is 11.4 Å². The van der Waals surface area contributed by atoms with Crippen molar-refractivity contribution in [1.29, 1.82) is 0 Å². The first kappa shape index (κ1) is 25.2. The molecular weight excluding hydrogens is 423 g/mol. The summed E-state index contributed by atoms with van der Waals surface area (Å²) in [6, 6.07) is 10.1. The number of alkyl halides is 3. The van der Waals surface area contributed by atoms with Crippen LogP contribution in [-0.4, -0.2) is 31.5 Å². The number of nitrogens with zero attached hydrogens (tertiary/aromatic N) is 1. The molecule has 0 atom stereocenters. The Bertz CT molecular complexity index is 918. The molecule has 32 heavy (non-hydrogen) atoms. The van der Waals surface area contributed by atoms with Crippen LogP contribution in [0.2, 0.25) is 0 Å². The van der Waals surface area contributed by atoms with Crippen LogP contribution in [0.3, 0.4) is 0 Å². The summed E-state index contributed by atoms with van der Waals surface area (Å²) in [7, 11) is 1.54. The highest BCUT2D eigenvalue weighted by molar-refractivity contribution is 5.85. The first-order valence-electron chi connectivity index (χ1n) is 10.2. The Hall–Kier alpha value is -3.03. The number of carbonyl (C=O) groups is 2. The molecule has 8 heteroatoms. The molecule has 0 saturated carbocycles. The van der Waals surface area contributed by atoms with E-state index in [0.29, 0.717) is 18.5 Å². The molecule has 0 aromatic heterocycles. The minimum absolute atomic E-state index is 0.103. The van der Waals surface area contributed by atoms with Gasteiger partial charge >= 0.3 is 12.1 Å². The number of hydrogen-bond acceptors (Lipinski definition) is 5. The molecule has 0 spiro atoms. The molecule has 5 nitrogen and oxygen atoms in total. The van der Waals surface area contributed by atoms with E-state index in [-0.39, 0.29) is 36.7 Å². The van der Waals surface area contributed by atoms with Crippen LogP contribution in [-0.2, 0) is 22.3 Å². The first-order chi connectivity index (χ1) is 14.9. The monoisotopic (exact) mass is 451 g/mol. The van der Waals surface area contributed by atoms with Crippen molar-refractivity contribution >= 4 is 17.9 Å². The lowest BCUT2D eigenvalue weighted by molar-refractivity contribution is -0.154. The van der Waals surface area contributed by atoms with Gasteiger partial charge in [0, 0.05) is 30.8 Å². The van der Waals surface area contributed by atoms with Crippen molar-refractivity contribution < 1.29 is 32.2 Å². The lowest BCUT2D eigenvalue weighted by Gasteiger charge is -2.27. The van der Waals surface area contributed by atoms with Crippen LogP contribution in [0.15, 0.2) is 42.5 Å². The predicted molar refractivity (Wildman–Crippen MR) is 116 cm³/mol. The second-order valence-electron chi connectivity index (χ2n) is 8.35. The fraction of sp³-hybridized carbons (Fsp3) is 0.417. The summed E-state index contributed by atoms with van der Waals surface area (Å²) >= 11 is 0. The van der Waals surface area contributed by atoms with E-state index in [4.69, 9.17) is 9.47 Å². The summed E-state index contributed by atoms with van der Waals surface area (Å²) in [6.45, 7) is 5.80. The molecule has 0 saturated heterocycles. The number of rotatable bonds is 9. The summed E-state index contributed by atoms with van der Waals surface area (Å²) in [4.78, 5) is 25.3. The molecule has 0 N–H and O–H groups in total. The number of anilines is 1. The van der Waals surface area contributed by atoms with Gasteiger partial charge in [-0.1, -0.05) is 12.1 Å². The number of halogens is 3. The molecule has 0 aliphatic heterocycles. The Balaban J connectivity index is 2.30. The first-order valence-corrected chi connectivity index (χ1v) is 10.2. The summed E-state index contributed by atoms with van der Waals surface area (Å²) in [6.07, 6.45) is -3.56. The van der Waals surface area contributed by atoms with Crippen LogP contribution < -0.4 is 9.64 Å². The van der Waals surface area contributed by atoms with E-state index in [1.165, 1.54) is 13.2 Å². The Labute approximate surface area is 186 Å². The molecule has 0 fully saturated rings. The van der Waals surface area contributed by atoms with Gasteiger partial charge in [-0.05, 0) is 63.1 Å². The minimum atomic E-state index is -4.54. The number of hydrogen-bond donors (Lipinski definition) is 0. The van der Waals surface area contributed by atoms with Crippen molar-refractivity contribution in [1.82, 2.24) is 0 Å². The SMILES string of the molecule is COc1ccc(CN(CCCC(=O)OC(C)(C)C)c2cc(C(F)(F)F)ccc2C=O)cc1. The quantitative estimate of drug-likeness (QED) is 0.364. The van der Waals surface area contributed by atoms with Crippen molar-refractivity contribution in [3.63, 3.8) is 0 Å². The zero-order valence-electron chi connectivity index (χ0n) is 18.7. The predicted octanol–water partition coefficient (Wildman–Crippen LogP) is 5.66. The molecule has 0 aliphatic carbocycles. The zero-order chi connectivity index (χ0) is 23.9. The second-order valence-corrected chi connectivity index (χ2v) is 8.35. The Kier molecular flexibility index (Phi) is 8.30. The molecular formula is C24H28F3NO4. The van der Waals surface area contributed by atoms with E-state index < -0.39 is 17.3 Å². The maximum absolute atomic E-state index is 13.3. The van der Waals surface area contributed by atoms with E-state index in [2.05, 4.69) is 0 Å². The minimum Gasteiger partial charge on any atom is -0.497 e. The van der Waals surface area contributed by atoms with Crippen molar-refractivity contribution in [3.8, 4) is 5.75 Å². The van der Waals surface area contributed by atoms with Crippen LogP contribution in [0.1, 0.15) is 55.1 Å². The average molecular weight is 451 g/mol. The van der Waals surface area contributed by atoms with E-state index in [0.717, 1.165) is 17.7 Å². The summed E-state index contributed by atoms with van der Waals surface area (Å²) in [5.74, 6) is 0.263. The van der Waals surface area contributed by atoms with Gasteiger partial charge in [0.15, 0.2) is 6.29 Å². The smallest absolute Gasteiger partial charge is 0.416 e. The number of aldehydes is 1. The Morgan fingerprint density at radius 1 is 1.06 bits per heavy atom. The molecule has 0 aliphatic rings. The third-order valence-corrected chi connectivity index (χ3v) is 4.59. The highest BCUT2D eigenvalue weighted by Crippen LogP contribution is 2.34. The second kappa shape index (κ2) is 10.5. The number of methoxy groups -OCH3 is 1. The molecule has 2 aromatic rings. The maximum atomic E-state index is 13.3. The largest absolute Gasteiger partial charge is 0.497 e. The third-order valence-electron chi connectivity index (χ3n) is 4.59. The lowest BCUT2D eigenvalue weighted by atomic mass is 10.1. The Morgan fingerprint density at radius 2 is 1.72 bits per heavy atom. The number of benzene rings is 2. The number of ether oxygens (including phenoxy) is 2. The van der Waals surface area contributed by atoms with E-state index in [1.807, 2.05) is 0 Å². The van der Waals surface area contributed by atoms with Crippen molar-refractivity contribution in [2.24, 2.45) is 0 Å². The molecule has 0 heterocycles. The van der Waals surface area contributed by atoms with Crippen molar-refractivity contribution in [2.75, 3.05) is 18.6 Å². The summed E-state index contributed by atoms with van der Waals surface area (Å²) in [5, 5.41) is 0. The number of esters is 1. The van der Waals surface area contributed by atoms with Crippen molar-refractivity contribution in [3.05, 3.63) is 59.2 Å². The molecule has 2 aromatic carbocycles. The standard InChI is InChI=1S/C24H28F3NO4/c1-23(2,3)32-22(30)6-5-13-28(15-17-7-11-20(31-4)12-8-17)21-14-19(24(25,26)27)10-9-18(21)16-29/h7-12,14,16H,5-6,13,15H2,1-4H3. The van der Waals surface area contributed by atoms with Gasteiger partial charge in [0.05, 0.1) is 12.7 Å². The zero-order valence-corrected chi connectivity index (χ0v) is 18.7. The van der Waals surface area contributed by atoms with Crippen LogP contribution in [0.5, 0.6) is 5.75 Å². The highest BCUT2D eigenvalue weighted by Gasteiger charge is 2.31. The molecule has 0 amide bonds. The highest BCUT2D eigenvalue weighted by atomic mass is 19.4. The topological polar surface area (TPSA) is 55.8 Å². The fourth-order valence-electron chi connectivity index (χ4n) is 3.14. The molecule has 0 radical (unpaired) electrons. The molecule has 0 bridgehead atoms. The molecule has 0 unspecified atom stereocenters. The van der Waals surface area contributed by atoms with Gasteiger partial charge in [-0.25, -0.2) is 0 Å². The third kappa shape index (κ3) is 7.59. The Morgan fingerprint density at radius 3 is 2.25 bits per heavy atom. The van der Waals surface area contributed by atoms with Crippen LogP contribution in [0.25, 0.3) is 0 Å². The fourth-order valence-corrected chi connectivity index (χ4v) is 3.14. The van der Waals surface area contributed by atoms with E-state index >= 15 is 0 Å². The van der Waals surface area contributed by atoms with Crippen LogP contribution >= 0.6 is 0 Å². The van der Waals surface area contributed by atoms with E-state index in [1.54, 1.807) is 49.9 Å². The van der Waals surface area contributed by atoms with E-state index in [9.17, 15) is 22.8 Å². The average Bonchev–Trinajstić information content (AvgIpc) is 2.71. The van der Waals surface area contributed by atoms with Gasteiger partial charge in [0.2, 0.25) is 0 Å². The van der Waals surface area contributed by atoms with Crippen molar-refractivity contribution in [2.45, 2.75) is 51.9 Å².